The summed E-state index contributed by atoms with van der Waals surface area (Å²) in [5.41, 5.74) is -0.818. The van der Waals surface area contributed by atoms with Gasteiger partial charge in [0, 0.05) is 18.7 Å². The van der Waals surface area contributed by atoms with Gasteiger partial charge in [0.2, 0.25) is 0 Å². The molecule has 1 aromatic rings. The van der Waals surface area contributed by atoms with Crippen molar-refractivity contribution in [3.05, 3.63) is 33.9 Å². The van der Waals surface area contributed by atoms with E-state index in [9.17, 15) is 18.9 Å². The maximum absolute atomic E-state index is 13.6. The lowest BCUT2D eigenvalue weighted by Crippen LogP contribution is -2.24. The molecular formula is C12H15F2N3O2. The van der Waals surface area contributed by atoms with Crippen LogP contribution < -0.4 is 10.6 Å². The smallest absolute Gasteiger partial charge is 0.295 e. The second-order valence-electron chi connectivity index (χ2n) is 4.52. The standard InChI is InChI=1S/C12H15F2N3O2/c13-9-3-4-10(17(18)19)12(11(9)14)16-7-5-8-2-1-6-15-8/h3-4,8,15-16H,1-2,5-7H2. The van der Waals surface area contributed by atoms with Crippen LogP contribution in [0.4, 0.5) is 20.2 Å². The molecule has 0 aliphatic carbocycles. The van der Waals surface area contributed by atoms with Crippen LogP contribution in [-0.2, 0) is 0 Å². The Hall–Kier alpha value is -1.76. The molecule has 1 aliphatic heterocycles. The first kappa shape index (κ1) is 13.7. The molecule has 19 heavy (non-hydrogen) atoms. The Morgan fingerprint density at radius 1 is 1.47 bits per heavy atom. The number of halogens is 2. The van der Waals surface area contributed by atoms with Crippen LogP contribution >= 0.6 is 0 Å². The van der Waals surface area contributed by atoms with Gasteiger partial charge in [-0.15, -0.1) is 0 Å². The third kappa shape index (κ3) is 3.17. The summed E-state index contributed by atoms with van der Waals surface area (Å²) in [4.78, 5) is 10.0. The number of hydrogen-bond acceptors (Lipinski definition) is 4. The lowest BCUT2D eigenvalue weighted by atomic mass is 10.1. The molecule has 1 heterocycles. The highest BCUT2D eigenvalue weighted by Gasteiger charge is 2.21. The van der Waals surface area contributed by atoms with Crippen molar-refractivity contribution in [2.45, 2.75) is 25.3 Å². The van der Waals surface area contributed by atoms with Gasteiger partial charge in [0.1, 0.15) is 0 Å². The fraction of sp³-hybridized carbons (Fsp3) is 0.500. The third-order valence-corrected chi connectivity index (χ3v) is 3.23. The monoisotopic (exact) mass is 271 g/mol. The van der Waals surface area contributed by atoms with E-state index in [0.29, 0.717) is 19.0 Å². The predicted octanol–water partition coefficient (Wildman–Crippen LogP) is 2.43. The number of nitrogens with zero attached hydrogens (tertiary/aromatic N) is 1. The predicted molar refractivity (Wildman–Crippen MR) is 67.1 cm³/mol. The average molecular weight is 271 g/mol. The zero-order valence-corrected chi connectivity index (χ0v) is 10.3. The molecule has 1 saturated heterocycles. The van der Waals surface area contributed by atoms with E-state index in [1.165, 1.54) is 0 Å². The molecule has 1 aromatic carbocycles. The van der Waals surface area contributed by atoms with Crippen LogP contribution in [0.15, 0.2) is 12.1 Å². The molecule has 0 saturated carbocycles. The molecule has 104 valence electrons. The summed E-state index contributed by atoms with van der Waals surface area (Å²) in [7, 11) is 0. The first-order valence-electron chi connectivity index (χ1n) is 6.19. The van der Waals surface area contributed by atoms with Crippen LogP contribution in [0.1, 0.15) is 19.3 Å². The topological polar surface area (TPSA) is 67.2 Å². The molecule has 0 bridgehead atoms. The van der Waals surface area contributed by atoms with Gasteiger partial charge in [-0.3, -0.25) is 10.1 Å². The van der Waals surface area contributed by atoms with Crippen LogP contribution in [0.5, 0.6) is 0 Å². The summed E-state index contributed by atoms with van der Waals surface area (Å²) in [5.74, 6) is -2.29. The molecule has 2 N–H and O–H groups in total. The lowest BCUT2D eigenvalue weighted by Gasteiger charge is -2.12. The Balaban J connectivity index is 2.05. The summed E-state index contributed by atoms with van der Waals surface area (Å²) in [6.07, 6.45) is 2.85. The highest BCUT2D eigenvalue weighted by molar-refractivity contribution is 5.62. The quantitative estimate of drug-likeness (QED) is 0.637. The van der Waals surface area contributed by atoms with E-state index in [4.69, 9.17) is 0 Å². The minimum Gasteiger partial charge on any atom is -0.377 e. The van der Waals surface area contributed by atoms with E-state index >= 15 is 0 Å². The molecule has 0 radical (unpaired) electrons. The van der Waals surface area contributed by atoms with Crippen LogP contribution in [0.2, 0.25) is 0 Å². The van der Waals surface area contributed by atoms with E-state index in [1.807, 2.05) is 0 Å². The number of nitro benzene ring substituents is 1. The van der Waals surface area contributed by atoms with Gasteiger partial charge in [-0.2, -0.15) is 0 Å². The van der Waals surface area contributed by atoms with Crippen molar-refractivity contribution < 1.29 is 13.7 Å². The van der Waals surface area contributed by atoms with Gasteiger partial charge in [-0.05, 0) is 31.9 Å². The molecule has 0 amide bonds. The van der Waals surface area contributed by atoms with Crippen molar-refractivity contribution in [3.8, 4) is 0 Å². The fourth-order valence-corrected chi connectivity index (χ4v) is 2.24. The van der Waals surface area contributed by atoms with E-state index in [2.05, 4.69) is 10.6 Å². The number of nitrogens with one attached hydrogen (secondary N) is 2. The molecule has 1 fully saturated rings. The summed E-state index contributed by atoms with van der Waals surface area (Å²) in [6.45, 7) is 1.32. The zero-order chi connectivity index (χ0) is 13.8. The van der Waals surface area contributed by atoms with Crippen molar-refractivity contribution >= 4 is 11.4 Å². The first-order chi connectivity index (χ1) is 9.09. The number of rotatable bonds is 5. The molecule has 5 nitrogen and oxygen atoms in total. The Morgan fingerprint density at radius 2 is 2.26 bits per heavy atom. The van der Waals surface area contributed by atoms with Crippen molar-refractivity contribution in [2.24, 2.45) is 0 Å². The second-order valence-corrected chi connectivity index (χ2v) is 4.52. The molecule has 1 unspecified atom stereocenters. The van der Waals surface area contributed by atoms with Gasteiger partial charge >= 0.3 is 0 Å². The summed E-state index contributed by atoms with van der Waals surface area (Å²) >= 11 is 0. The van der Waals surface area contributed by atoms with Crippen LogP contribution in [-0.4, -0.2) is 24.1 Å². The maximum Gasteiger partial charge on any atom is 0.295 e. The Labute approximate surface area is 109 Å². The summed E-state index contributed by atoms with van der Waals surface area (Å²) in [6, 6.07) is 2.06. The molecular weight excluding hydrogens is 256 g/mol. The third-order valence-electron chi connectivity index (χ3n) is 3.23. The molecule has 0 aromatic heterocycles. The van der Waals surface area contributed by atoms with E-state index in [1.54, 1.807) is 0 Å². The van der Waals surface area contributed by atoms with E-state index in [0.717, 1.165) is 31.5 Å². The molecule has 2 rings (SSSR count). The SMILES string of the molecule is O=[N+]([O-])c1ccc(F)c(F)c1NCCC1CCCN1. The van der Waals surface area contributed by atoms with Gasteiger partial charge in [-0.25, -0.2) is 8.78 Å². The van der Waals surface area contributed by atoms with Crippen molar-refractivity contribution in [2.75, 3.05) is 18.4 Å². The van der Waals surface area contributed by atoms with Crippen LogP contribution in [0.25, 0.3) is 0 Å². The molecule has 7 heteroatoms. The van der Waals surface area contributed by atoms with Crippen molar-refractivity contribution in [1.29, 1.82) is 0 Å². The van der Waals surface area contributed by atoms with Gasteiger partial charge < -0.3 is 10.6 Å². The molecule has 1 atom stereocenters. The van der Waals surface area contributed by atoms with E-state index < -0.39 is 22.2 Å². The van der Waals surface area contributed by atoms with Crippen molar-refractivity contribution in [3.63, 3.8) is 0 Å². The highest BCUT2D eigenvalue weighted by atomic mass is 19.2. The minimum absolute atomic E-state index is 0.336. The average Bonchev–Trinajstić information content (AvgIpc) is 2.87. The maximum atomic E-state index is 13.6. The van der Waals surface area contributed by atoms with Gasteiger partial charge in [0.05, 0.1) is 4.92 Å². The fourth-order valence-electron chi connectivity index (χ4n) is 2.24. The summed E-state index contributed by atoms with van der Waals surface area (Å²) in [5, 5.41) is 16.7. The first-order valence-corrected chi connectivity index (χ1v) is 6.19. The van der Waals surface area contributed by atoms with E-state index in [-0.39, 0.29) is 5.69 Å². The van der Waals surface area contributed by atoms with Crippen LogP contribution in [0, 0.1) is 21.7 Å². The Bertz CT molecular complexity index is 476. The summed E-state index contributed by atoms with van der Waals surface area (Å²) < 4.78 is 26.7. The highest BCUT2D eigenvalue weighted by Crippen LogP contribution is 2.29. The van der Waals surface area contributed by atoms with Gasteiger partial charge in [0.15, 0.2) is 17.3 Å². The number of nitro groups is 1. The molecule has 1 aliphatic rings. The van der Waals surface area contributed by atoms with Crippen LogP contribution in [0.3, 0.4) is 0 Å². The Kier molecular flexibility index (Phi) is 4.26. The normalized spacial score (nSPS) is 18.5. The Morgan fingerprint density at radius 3 is 2.89 bits per heavy atom. The lowest BCUT2D eigenvalue weighted by molar-refractivity contribution is -0.384. The largest absolute Gasteiger partial charge is 0.377 e. The number of benzene rings is 1. The zero-order valence-electron chi connectivity index (χ0n) is 10.3. The van der Waals surface area contributed by atoms with Gasteiger partial charge in [-0.1, -0.05) is 0 Å². The van der Waals surface area contributed by atoms with Crippen molar-refractivity contribution in [1.82, 2.24) is 5.32 Å². The number of anilines is 1. The van der Waals surface area contributed by atoms with Gasteiger partial charge in [0.25, 0.3) is 5.69 Å². The molecule has 0 spiro atoms. The second kappa shape index (κ2) is 5.92. The number of hydrogen-bond donors (Lipinski definition) is 2. The minimum atomic E-state index is -1.20.